The van der Waals surface area contributed by atoms with Gasteiger partial charge in [-0.2, -0.15) is 0 Å². The van der Waals surface area contributed by atoms with Crippen LogP contribution in [0.2, 0.25) is 0 Å². The van der Waals surface area contributed by atoms with Gasteiger partial charge in [-0.05, 0) is 50.3 Å². The topological polar surface area (TPSA) is 54.0 Å². The third-order valence-corrected chi connectivity index (χ3v) is 4.07. The third-order valence-electron chi connectivity index (χ3n) is 4.07. The summed E-state index contributed by atoms with van der Waals surface area (Å²) in [5.74, 6) is 0.350. The Labute approximate surface area is 151 Å². The number of halogens is 2. The maximum absolute atomic E-state index is 12.2. The lowest BCUT2D eigenvalue weighted by molar-refractivity contribution is -0.126. The molecule has 130 valence electrons. The SMILES string of the molecule is C=CCCNC1CCC(C(=O)NCc2cccnc2)CC1.[Cl-].[Cl-]. The highest BCUT2D eigenvalue weighted by molar-refractivity contribution is 5.78. The smallest absolute Gasteiger partial charge is 0.223 e. The van der Waals surface area contributed by atoms with E-state index in [1.54, 1.807) is 12.4 Å². The van der Waals surface area contributed by atoms with Crippen LogP contribution in [0.3, 0.4) is 0 Å². The number of carbonyl (C=O) groups excluding carboxylic acids is 1. The molecule has 0 unspecified atom stereocenters. The number of pyridine rings is 1. The minimum Gasteiger partial charge on any atom is -1.00 e. The zero-order chi connectivity index (χ0) is 14.9. The predicted molar refractivity (Wildman–Crippen MR) is 84.6 cm³/mol. The molecule has 0 aromatic carbocycles. The van der Waals surface area contributed by atoms with E-state index in [2.05, 4.69) is 22.2 Å². The van der Waals surface area contributed by atoms with Gasteiger partial charge in [0.15, 0.2) is 0 Å². The fraction of sp³-hybridized carbons (Fsp3) is 0.529. The summed E-state index contributed by atoms with van der Waals surface area (Å²) in [6.45, 7) is 5.29. The predicted octanol–water partition coefficient (Wildman–Crippen LogP) is -3.57. The highest BCUT2D eigenvalue weighted by atomic mass is 35.5. The molecule has 1 heterocycles. The molecule has 2 N–H and O–H groups in total. The fourth-order valence-corrected chi connectivity index (χ4v) is 2.79. The summed E-state index contributed by atoms with van der Waals surface area (Å²) in [5.41, 5.74) is 1.05. The Morgan fingerprint density at radius 1 is 1.30 bits per heavy atom. The highest BCUT2D eigenvalue weighted by Crippen LogP contribution is 2.24. The molecule has 1 fully saturated rings. The lowest BCUT2D eigenvalue weighted by Gasteiger charge is -2.28. The number of nitrogens with one attached hydrogen (secondary N) is 2. The van der Waals surface area contributed by atoms with Crippen LogP contribution in [0.15, 0.2) is 37.2 Å². The second-order valence-corrected chi connectivity index (χ2v) is 5.66. The van der Waals surface area contributed by atoms with E-state index in [0.717, 1.165) is 44.2 Å². The first-order valence-electron chi connectivity index (χ1n) is 7.80. The summed E-state index contributed by atoms with van der Waals surface area (Å²) in [7, 11) is 0. The molecule has 0 saturated heterocycles. The Morgan fingerprint density at radius 2 is 2.04 bits per heavy atom. The Kier molecular flexibility index (Phi) is 11.7. The summed E-state index contributed by atoms with van der Waals surface area (Å²) < 4.78 is 0. The van der Waals surface area contributed by atoms with Crippen molar-refractivity contribution in [1.29, 1.82) is 0 Å². The van der Waals surface area contributed by atoms with Gasteiger partial charge >= 0.3 is 0 Å². The van der Waals surface area contributed by atoms with Gasteiger partial charge in [0.05, 0.1) is 0 Å². The summed E-state index contributed by atoms with van der Waals surface area (Å²) in [6, 6.07) is 4.43. The molecule has 1 aliphatic rings. The normalized spacial score (nSPS) is 19.8. The van der Waals surface area contributed by atoms with E-state index < -0.39 is 0 Å². The number of rotatable bonds is 7. The van der Waals surface area contributed by atoms with Crippen molar-refractivity contribution >= 4 is 5.91 Å². The molecule has 0 spiro atoms. The fourth-order valence-electron chi connectivity index (χ4n) is 2.79. The third kappa shape index (κ3) is 7.82. The zero-order valence-electron chi connectivity index (χ0n) is 13.3. The first kappa shape index (κ1) is 21.9. The molecule has 4 nitrogen and oxygen atoms in total. The van der Waals surface area contributed by atoms with Gasteiger partial charge in [-0.3, -0.25) is 9.78 Å². The molecule has 23 heavy (non-hydrogen) atoms. The average molecular weight is 358 g/mol. The molecule has 0 aliphatic heterocycles. The van der Waals surface area contributed by atoms with E-state index in [-0.39, 0.29) is 36.6 Å². The quantitative estimate of drug-likeness (QED) is 0.392. The van der Waals surface area contributed by atoms with Crippen LogP contribution in [0.4, 0.5) is 0 Å². The van der Waals surface area contributed by atoms with E-state index in [1.165, 1.54) is 0 Å². The van der Waals surface area contributed by atoms with E-state index in [4.69, 9.17) is 0 Å². The van der Waals surface area contributed by atoms with Crippen molar-refractivity contribution in [2.45, 2.75) is 44.7 Å². The van der Waals surface area contributed by atoms with Crippen LogP contribution in [0.1, 0.15) is 37.7 Å². The Balaban J connectivity index is 0.00000242. The van der Waals surface area contributed by atoms with Crippen molar-refractivity contribution in [3.63, 3.8) is 0 Å². The largest absolute Gasteiger partial charge is 1.00 e. The van der Waals surface area contributed by atoms with Crippen molar-refractivity contribution < 1.29 is 29.6 Å². The van der Waals surface area contributed by atoms with E-state index in [0.29, 0.717) is 12.6 Å². The molecule has 0 atom stereocenters. The van der Waals surface area contributed by atoms with E-state index in [1.807, 2.05) is 18.2 Å². The second kappa shape index (κ2) is 12.3. The molecule has 1 saturated carbocycles. The van der Waals surface area contributed by atoms with Crippen LogP contribution in [0, 0.1) is 5.92 Å². The van der Waals surface area contributed by atoms with Gasteiger partial charge in [-0.1, -0.05) is 12.1 Å². The van der Waals surface area contributed by atoms with Gasteiger partial charge in [0.25, 0.3) is 0 Å². The lowest BCUT2D eigenvalue weighted by Crippen LogP contribution is -3.00. The number of amides is 1. The minimum atomic E-state index is 0. The van der Waals surface area contributed by atoms with Crippen LogP contribution < -0.4 is 35.4 Å². The van der Waals surface area contributed by atoms with Crippen molar-refractivity contribution in [1.82, 2.24) is 15.6 Å². The number of carbonyl (C=O) groups is 1. The van der Waals surface area contributed by atoms with Gasteiger partial charge in [-0.25, -0.2) is 0 Å². The van der Waals surface area contributed by atoms with Gasteiger partial charge in [0, 0.05) is 30.9 Å². The second-order valence-electron chi connectivity index (χ2n) is 5.66. The average Bonchev–Trinajstić information content (AvgIpc) is 2.54. The first-order chi connectivity index (χ1) is 10.3. The molecule has 1 aromatic heterocycles. The molecule has 1 aliphatic carbocycles. The van der Waals surface area contributed by atoms with E-state index >= 15 is 0 Å². The molecule has 2 rings (SSSR count). The summed E-state index contributed by atoms with van der Waals surface area (Å²) in [5, 5.41) is 6.55. The van der Waals surface area contributed by atoms with Crippen LogP contribution in [-0.2, 0) is 11.3 Å². The van der Waals surface area contributed by atoms with E-state index in [9.17, 15) is 4.79 Å². The summed E-state index contributed by atoms with van der Waals surface area (Å²) >= 11 is 0. The first-order valence-corrected chi connectivity index (χ1v) is 7.80. The van der Waals surface area contributed by atoms with Crippen molar-refractivity contribution in [3.05, 3.63) is 42.7 Å². The molecule has 0 bridgehead atoms. The van der Waals surface area contributed by atoms with Gasteiger partial charge in [0.1, 0.15) is 0 Å². The Hall–Kier alpha value is -1.10. The molecule has 6 heteroatoms. The van der Waals surface area contributed by atoms with Crippen molar-refractivity contribution in [2.75, 3.05) is 6.54 Å². The van der Waals surface area contributed by atoms with Crippen LogP contribution in [0.5, 0.6) is 0 Å². The number of hydrogen-bond acceptors (Lipinski definition) is 3. The van der Waals surface area contributed by atoms with Crippen LogP contribution in [-0.4, -0.2) is 23.5 Å². The summed E-state index contributed by atoms with van der Waals surface area (Å²) in [6.07, 6.45) is 10.6. The van der Waals surface area contributed by atoms with Crippen LogP contribution in [0.25, 0.3) is 0 Å². The number of nitrogens with zero attached hydrogens (tertiary/aromatic N) is 1. The number of hydrogen-bond donors (Lipinski definition) is 2. The van der Waals surface area contributed by atoms with Crippen LogP contribution >= 0.6 is 0 Å². The monoisotopic (exact) mass is 357 g/mol. The van der Waals surface area contributed by atoms with Gasteiger partial charge in [0.2, 0.25) is 5.91 Å². The standard InChI is InChI=1S/C17H25N3O.2ClH/c1-2-3-11-19-16-8-6-15(7-9-16)17(21)20-13-14-5-4-10-18-12-14;;/h2,4-5,10,12,15-16,19H,1,3,6-9,11,13H2,(H,20,21);2*1H/p-2. The molecule has 1 aromatic rings. The summed E-state index contributed by atoms with van der Waals surface area (Å²) in [4.78, 5) is 16.2. The van der Waals surface area contributed by atoms with Crippen molar-refractivity contribution in [3.8, 4) is 0 Å². The maximum Gasteiger partial charge on any atom is 0.223 e. The van der Waals surface area contributed by atoms with Gasteiger partial charge in [-0.15, -0.1) is 6.58 Å². The molecule has 0 radical (unpaired) electrons. The molecular weight excluding hydrogens is 333 g/mol. The van der Waals surface area contributed by atoms with Crippen molar-refractivity contribution in [2.24, 2.45) is 5.92 Å². The maximum atomic E-state index is 12.2. The molecular formula is C17H25Cl2N3O-2. The Morgan fingerprint density at radius 3 is 2.65 bits per heavy atom. The Bertz CT molecular complexity index is 448. The lowest BCUT2D eigenvalue weighted by atomic mass is 9.85. The zero-order valence-corrected chi connectivity index (χ0v) is 14.8. The number of aromatic nitrogens is 1. The minimum absolute atomic E-state index is 0. The highest BCUT2D eigenvalue weighted by Gasteiger charge is 2.25. The molecule has 1 amide bonds. The van der Waals surface area contributed by atoms with Gasteiger partial charge < -0.3 is 35.4 Å².